The van der Waals surface area contributed by atoms with Gasteiger partial charge in [-0.05, 0) is 108 Å². The van der Waals surface area contributed by atoms with Gasteiger partial charge in [-0.15, -0.1) is 0 Å². The minimum absolute atomic E-state index is 0.0102. The molecule has 44 heavy (non-hydrogen) atoms. The number of benzene rings is 1. The maximum Gasteiger partial charge on any atom is 0.496 e. The summed E-state index contributed by atoms with van der Waals surface area (Å²) in [6, 6.07) is 4.37. The lowest BCUT2D eigenvalue weighted by Gasteiger charge is -2.45. The zero-order valence-corrected chi connectivity index (χ0v) is 29.0. The Labute approximate surface area is 267 Å². The molecule has 12 heteroatoms. The molecule has 1 aromatic heterocycles. The Kier molecular flexibility index (Phi) is 8.85. The third-order valence-corrected chi connectivity index (χ3v) is 9.76. The molecule has 2 aromatic rings. The summed E-state index contributed by atoms with van der Waals surface area (Å²) in [5.41, 5.74) is -0.164. The SMILES string of the molecule is C[C@H]1CN(C(=O)OC(C)(C)C)C[C@H](C)N1c1nc(OC2CCCC2N(C)C)nc2cc(B3OC(C)(C)C(C)(C)O3)c(Cl)cc12. The van der Waals surface area contributed by atoms with Crippen LogP contribution in [0.3, 0.4) is 0 Å². The predicted molar refractivity (Wildman–Crippen MR) is 175 cm³/mol. The number of carbonyl (C=O) groups excluding carboxylic acids is 1. The number of rotatable bonds is 5. The molecule has 0 bridgehead atoms. The second-order valence-corrected chi connectivity index (χ2v) is 15.3. The number of halogens is 1. The van der Waals surface area contributed by atoms with E-state index >= 15 is 0 Å². The van der Waals surface area contributed by atoms with Crippen LogP contribution < -0.4 is 15.1 Å². The van der Waals surface area contributed by atoms with E-state index in [-0.39, 0.29) is 24.3 Å². The molecular formula is C32H49BClN5O5. The number of likely N-dealkylation sites (N-methyl/N-ethyl adjacent to an activating group) is 1. The van der Waals surface area contributed by atoms with E-state index in [4.69, 9.17) is 40.4 Å². The van der Waals surface area contributed by atoms with Crippen LogP contribution in [0.15, 0.2) is 12.1 Å². The van der Waals surface area contributed by atoms with Crippen LogP contribution in [0.5, 0.6) is 6.01 Å². The van der Waals surface area contributed by atoms with Crippen LogP contribution in [0.1, 0.15) is 81.6 Å². The third kappa shape index (κ3) is 6.48. The summed E-state index contributed by atoms with van der Waals surface area (Å²) in [6.07, 6.45) is 2.79. The Morgan fingerprint density at radius 3 is 2.23 bits per heavy atom. The first-order valence-electron chi connectivity index (χ1n) is 15.8. The van der Waals surface area contributed by atoms with E-state index in [9.17, 15) is 4.79 Å². The number of anilines is 1. The molecule has 1 saturated carbocycles. The van der Waals surface area contributed by atoms with E-state index in [1.165, 1.54) is 0 Å². The van der Waals surface area contributed by atoms with Crippen molar-refractivity contribution in [2.75, 3.05) is 32.1 Å². The molecular weight excluding hydrogens is 581 g/mol. The highest BCUT2D eigenvalue weighted by Gasteiger charge is 2.52. The van der Waals surface area contributed by atoms with Gasteiger partial charge in [0.1, 0.15) is 17.5 Å². The lowest BCUT2D eigenvalue weighted by molar-refractivity contribution is 0.00578. The van der Waals surface area contributed by atoms with Gasteiger partial charge in [-0.2, -0.15) is 9.97 Å². The number of ether oxygens (including phenoxy) is 2. The molecule has 10 nitrogen and oxygen atoms in total. The molecule has 2 saturated heterocycles. The zero-order chi connectivity index (χ0) is 32.4. The normalized spacial score (nSPS) is 27.0. The predicted octanol–water partition coefficient (Wildman–Crippen LogP) is 5.28. The van der Waals surface area contributed by atoms with Crippen molar-refractivity contribution in [3.05, 3.63) is 17.2 Å². The van der Waals surface area contributed by atoms with E-state index in [1.54, 1.807) is 4.90 Å². The molecule has 0 spiro atoms. The van der Waals surface area contributed by atoms with Gasteiger partial charge in [-0.1, -0.05) is 11.6 Å². The third-order valence-electron chi connectivity index (χ3n) is 9.43. The Morgan fingerprint density at radius 2 is 1.66 bits per heavy atom. The number of amides is 1. The van der Waals surface area contributed by atoms with E-state index in [2.05, 4.69) is 37.7 Å². The summed E-state index contributed by atoms with van der Waals surface area (Å²) in [5, 5.41) is 1.33. The fraction of sp³-hybridized carbons (Fsp3) is 0.719. The van der Waals surface area contributed by atoms with Gasteiger partial charge in [-0.25, -0.2) is 4.79 Å². The first kappa shape index (κ1) is 33.0. The number of hydrogen-bond donors (Lipinski definition) is 0. The van der Waals surface area contributed by atoms with Crippen molar-refractivity contribution in [1.82, 2.24) is 19.8 Å². The van der Waals surface area contributed by atoms with Gasteiger partial charge in [0.2, 0.25) is 0 Å². The van der Waals surface area contributed by atoms with E-state index in [1.807, 2.05) is 60.6 Å². The summed E-state index contributed by atoms with van der Waals surface area (Å²) in [7, 11) is 3.54. The van der Waals surface area contributed by atoms with Gasteiger partial charge in [-0.3, -0.25) is 0 Å². The van der Waals surface area contributed by atoms with E-state index < -0.39 is 23.9 Å². The molecule has 2 aliphatic heterocycles. The van der Waals surface area contributed by atoms with Gasteiger partial charge >= 0.3 is 19.2 Å². The maximum atomic E-state index is 13.0. The number of piperazine rings is 1. The molecule has 242 valence electrons. The van der Waals surface area contributed by atoms with Crippen LogP contribution >= 0.6 is 11.6 Å². The highest BCUT2D eigenvalue weighted by Crippen LogP contribution is 2.39. The van der Waals surface area contributed by atoms with Crippen LogP contribution in [0.2, 0.25) is 5.02 Å². The summed E-state index contributed by atoms with van der Waals surface area (Å²) in [6.45, 7) is 18.9. The summed E-state index contributed by atoms with van der Waals surface area (Å²) in [4.78, 5) is 29.2. The number of hydrogen-bond acceptors (Lipinski definition) is 9. The van der Waals surface area contributed by atoms with Crippen molar-refractivity contribution in [1.29, 1.82) is 0 Å². The topological polar surface area (TPSA) is 89.5 Å². The monoisotopic (exact) mass is 629 g/mol. The minimum atomic E-state index is -0.636. The largest absolute Gasteiger partial charge is 0.496 e. The number of fused-ring (bicyclic) bond motifs is 1. The Balaban J connectivity index is 1.55. The van der Waals surface area contributed by atoms with Gasteiger partial charge in [0, 0.05) is 47.1 Å². The van der Waals surface area contributed by atoms with Crippen molar-refractivity contribution < 1.29 is 23.6 Å². The molecule has 1 amide bonds. The highest BCUT2D eigenvalue weighted by atomic mass is 35.5. The van der Waals surface area contributed by atoms with E-state index in [0.717, 1.165) is 35.9 Å². The summed E-state index contributed by atoms with van der Waals surface area (Å²) in [5.74, 6) is 0.732. The van der Waals surface area contributed by atoms with Crippen LogP contribution in [-0.2, 0) is 14.0 Å². The summed E-state index contributed by atoms with van der Waals surface area (Å²) < 4.78 is 25.0. The van der Waals surface area contributed by atoms with Crippen LogP contribution in [0.25, 0.3) is 10.9 Å². The van der Waals surface area contributed by atoms with Crippen molar-refractivity contribution in [2.24, 2.45) is 0 Å². The maximum absolute atomic E-state index is 13.0. The van der Waals surface area contributed by atoms with Gasteiger partial charge < -0.3 is 33.5 Å². The number of nitrogens with zero attached hydrogens (tertiary/aromatic N) is 5. The molecule has 3 heterocycles. The average molecular weight is 630 g/mol. The molecule has 3 fully saturated rings. The number of carbonyl (C=O) groups is 1. The molecule has 0 N–H and O–H groups in total. The smallest absolute Gasteiger partial charge is 0.458 e. The lowest BCUT2D eigenvalue weighted by Crippen LogP contribution is -2.59. The zero-order valence-electron chi connectivity index (χ0n) is 28.2. The lowest BCUT2D eigenvalue weighted by atomic mass is 9.78. The fourth-order valence-corrected chi connectivity index (χ4v) is 6.77. The molecule has 1 aromatic carbocycles. The highest BCUT2D eigenvalue weighted by molar-refractivity contribution is 6.66. The fourth-order valence-electron chi connectivity index (χ4n) is 6.51. The summed E-state index contributed by atoms with van der Waals surface area (Å²) >= 11 is 6.97. The molecule has 5 rings (SSSR count). The Hall–Kier alpha value is -2.34. The van der Waals surface area contributed by atoms with E-state index in [0.29, 0.717) is 35.7 Å². The van der Waals surface area contributed by atoms with Crippen LogP contribution in [0, 0.1) is 0 Å². The molecule has 4 atom stereocenters. The quantitative estimate of drug-likeness (QED) is 0.410. The molecule has 0 radical (unpaired) electrons. The van der Waals surface area contributed by atoms with Crippen molar-refractivity contribution >= 4 is 47.0 Å². The van der Waals surface area contributed by atoms with Crippen LogP contribution in [-0.4, -0.2) is 101 Å². The molecule has 1 aliphatic carbocycles. The Bertz CT molecular complexity index is 1370. The van der Waals surface area contributed by atoms with Crippen LogP contribution in [0.4, 0.5) is 10.6 Å². The molecule has 3 aliphatic rings. The Morgan fingerprint density at radius 1 is 1.05 bits per heavy atom. The number of aromatic nitrogens is 2. The molecule has 2 unspecified atom stereocenters. The second kappa shape index (κ2) is 11.8. The average Bonchev–Trinajstić information content (AvgIpc) is 3.43. The van der Waals surface area contributed by atoms with Crippen molar-refractivity contribution in [2.45, 2.75) is 123 Å². The van der Waals surface area contributed by atoms with Crippen molar-refractivity contribution in [3.8, 4) is 6.01 Å². The second-order valence-electron chi connectivity index (χ2n) is 14.9. The minimum Gasteiger partial charge on any atom is -0.458 e. The van der Waals surface area contributed by atoms with Gasteiger partial charge in [0.25, 0.3) is 0 Å². The first-order valence-corrected chi connectivity index (χ1v) is 16.2. The standard InChI is InChI=1S/C32H49BClN5O5/c1-19-17-38(29(40)42-30(3,4)5)18-20(2)39(19)27-21-15-23(34)22(33-43-31(6,7)32(8,9)44-33)16-24(21)35-28(36-27)41-26-14-12-13-25(26)37(10)11/h15-16,19-20,25-26H,12-14,17-18H2,1-11H3/t19-,20-,25?,26?/m0/s1. The van der Waals surface area contributed by atoms with Gasteiger partial charge in [0.15, 0.2) is 0 Å². The van der Waals surface area contributed by atoms with Gasteiger partial charge in [0.05, 0.1) is 16.7 Å². The van der Waals surface area contributed by atoms with Crippen molar-refractivity contribution in [3.63, 3.8) is 0 Å². The first-order chi connectivity index (χ1) is 20.4.